The maximum Gasteiger partial charge on any atom is 0.302 e. The molecule has 0 radical (unpaired) electrons. The molecule has 0 saturated heterocycles. The van der Waals surface area contributed by atoms with Gasteiger partial charge in [-0.3, -0.25) is 4.79 Å². The molecule has 18 heavy (non-hydrogen) atoms. The minimum atomic E-state index is -0.284. The Morgan fingerprint density at radius 1 is 1.28 bits per heavy atom. The zero-order chi connectivity index (χ0) is 12.5. The number of esters is 1. The predicted molar refractivity (Wildman–Crippen MR) is 65.5 cm³/mol. The third kappa shape index (κ3) is 1.86. The van der Waals surface area contributed by atoms with E-state index in [9.17, 15) is 4.79 Å². The third-order valence-corrected chi connectivity index (χ3v) is 2.89. The molecule has 0 aromatic heterocycles. The molecule has 0 atom stereocenters. The molecule has 0 spiro atoms. The first kappa shape index (κ1) is 10.9. The molecule has 3 rings (SSSR count). The Morgan fingerprint density at radius 3 is 2.83 bits per heavy atom. The molecule has 0 N–H and O–H groups in total. The summed E-state index contributed by atoms with van der Waals surface area (Å²) in [5, 5.41) is 2.06. The van der Waals surface area contributed by atoms with Gasteiger partial charge in [0, 0.05) is 6.92 Å². The summed E-state index contributed by atoms with van der Waals surface area (Å²) in [6, 6.07) is 9.73. The lowest BCUT2D eigenvalue weighted by molar-refractivity contribution is -0.142. The van der Waals surface area contributed by atoms with Crippen molar-refractivity contribution >= 4 is 16.7 Å². The number of carbonyl (C=O) groups excluding carboxylic acids is 1. The summed E-state index contributed by atoms with van der Waals surface area (Å²) in [5.74, 6) is 1.21. The van der Waals surface area contributed by atoms with Crippen molar-refractivity contribution in [2.75, 3.05) is 6.79 Å². The molecule has 0 aliphatic carbocycles. The smallest absolute Gasteiger partial charge is 0.302 e. The normalized spacial score (nSPS) is 12.7. The molecule has 2 aromatic carbocycles. The van der Waals surface area contributed by atoms with Crippen LogP contribution >= 0.6 is 0 Å². The maximum atomic E-state index is 10.9. The van der Waals surface area contributed by atoms with Crippen molar-refractivity contribution in [3.05, 3.63) is 35.9 Å². The van der Waals surface area contributed by atoms with E-state index in [-0.39, 0.29) is 19.4 Å². The number of carbonyl (C=O) groups is 1. The second-order valence-electron chi connectivity index (χ2n) is 4.12. The highest BCUT2D eigenvalue weighted by atomic mass is 16.7. The van der Waals surface area contributed by atoms with E-state index in [0.717, 1.165) is 27.8 Å². The van der Waals surface area contributed by atoms with Gasteiger partial charge < -0.3 is 14.2 Å². The van der Waals surface area contributed by atoms with Gasteiger partial charge in [0.05, 0.1) is 0 Å². The molecule has 4 nitrogen and oxygen atoms in total. The Morgan fingerprint density at radius 2 is 2.06 bits per heavy atom. The van der Waals surface area contributed by atoms with Gasteiger partial charge >= 0.3 is 5.97 Å². The Labute approximate surface area is 104 Å². The first-order valence-corrected chi connectivity index (χ1v) is 5.68. The van der Waals surface area contributed by atoms with Gasteiger partial charge in [-0.2, -0.15) is 0 Å². The van der Waals surface area contributed by atoms with Crippen LogP contribution in [-0.4, -0.2) is 12.8 Å². The molecule has 4 heteroatoms. The molecule has 2 aromatic rings. The summed E-state index contributed by atoms with van der Waals surface area (Å²) in [6.07, 6.45) is 0. The molecule has 0 fully saturated rings. The van der Waals surface area contributed by atoms with E-state index in [1.54, 1.807) is 0 Å². The SMILES string of the molecule is CC(=O)OCc1cccc2cc3c(cc12)OCO3. The highest BCUT2D eigenvalue weighted by Gasteiger charge is 2.15. The molecule has 0 amide bonds. The van der Waals surface area contributed by atoms with Gasteiger partial charge in [0.1, 0.15) is 6.61 Å². The first-order chi connectivity index (χ1) is 8.74. The Kier molecular flexibility index (Phi) is 2.55. The van der Waals surface area contributed by atoms with Crippen molar-refractivity contribution in [2.24, 2.45) is 0 Å². The molecule has 1 aliphatic rings. The molecular formula is C14H12O4. The van der Waals surface area contributed by atoms with Gasteiger partial charge in [0.15, 0.2) is 11.5 Å². The van der Waals surface area contributed by atoms with Crippen LogP contribution in [0.3, 0.4) is 0 Å². The van der Waals surface area contributed by atoms with E-state index >= 15 is 0 Å². The second kappa shape index (κ2) is 4.22. The van der Waals surface area contributed by atoms with Crippen LogP contribution in [0.25, 0.3) is 10.8 Å². The zero-order valence-electron chi connectivity index (χ0n) is 9.93. The van der Waals surface area contributed by atoms with E-state index in [1.807, 2.05) is 30.3 Å². The molecule has 1 heterocycles. The highest BCUT2D eigenvalue weighted by molar-refractivity contribution is 5.89. The largest absolute Gasteiger partial charge is 0.461 e. The lowest BCUT2D eigenvalue weighted by atomic mass is 10.0. The van der Waals surface area contributed by atoms with E-state index in [1.165, 1.54) is 6.92 Å². The number of hydrogen-bond donors (Lipinski definition) is 0. The standard InChI is InChI=1S/C14H12O4/c1-9(15)16-7-11-4-2-3-10-5-13-14(6-12(10)11)18-8-17-13/h2-6H,7-8H2,1H3. The topological polar surface area (TPSA) is 44.8 Å². The van der Waals surface area contributed by atoms with Crippen molar-refractivity contribution in [1.82, 2.24) is 0 Å². The summed E-state index contributed by atoms with van der Waals surface area (Å²) in [4.78, 5) is 10.9. The number of hydrogen-bond acceptors (Lipinski definition) is 4. The van der Waals surface area contributed by atoms with Crippen LogP contribution < -0.4 is 9.47 Å². The van der Waals surface area contributed by atoms with Crippen molar-refractivity contribution in [1.29, 1.82) is 0 Å². The maximum absolute atomic E-state index is 10.9. The van der Waals surface area contributed by atoms with Gasteiger partial charge in [-0.05, 0) is 28.5 Å². The summed E-state index contributed by atoms with van der Waals surface area (Å²) in [7, 11) is 0. The molecule has 1 aliphatic heterocycles. The quantitative estimate of drug-likeness (QED) is 0.762. The Bertz CT molecular complexity index is 618. The molecule has 0 bridgehead atoms. The monoisotopic (exact) mass is 244 g/mol. The summed E-state index contributed by atoms with van der Waals surface area (Å²) >= 11 is 0. The van der Waals surface area contributed by atoms with Gasteiger partial charge in [-0.25, -0.2) is 0 Å². The summed E-state index contributed by atoms with van der Waals surface area (Å²) in [6.45, 7) is 1.93. The van der Waals surface area contributed by atoms with Gasteiger partial charge in [0.25, 0.3) is 0 Å². The van der Waals surface area contributed by atoms with Gasteiger partial charge in [-0.1, -0.05) is 18.2 Å². The van der Waals surface area contributed by atoms with Crippen LogP contribution in [0.15, 0.2) is 30.3 Å². The lowest BCUT2D eigenvalue weighted by Crippen LogP contribution is -1.99. The molecular weight excluding hydrogens is 232 g/mol. The van der Waals surface area contributed by atoms with Crippen LogP contribution in [0.5, 0.6) is 11.5 Å². The minimum Gasteiger partial charge on any atom is -0.461 e. The average Bonchev–Trinajstić information content (AvgIpc) is 2.80. The number of rotatable bonds is 2. The first-order valence-electron chi connectivity index (χ1n) is 5.68. The Hall–Kier alpha value is -2.23. The third-order valence-electron chi connectivity index (χ3n) is 2.89. The van der Waals surface area contributed by atoms with Crippen molar-refractivity contribution < 1.29 is 19.0 Å². The lowest BCUT2D eigenvalue weighted by Gasteiger charge is -2.07. The fraction of sp³-hybridized carbons (Fsp3) is 0.214. The summed E-state index contributed by atoms with van der Waals surface area (Å²) < 4.78 is 15.7. The fourth-order valence-corrected chi connectivity index (χ4v) is 2.04. The molecule has 92 valence electrons. The van der Waals surface area contributed by atoms with Crippen molar-refractivity contribution in [3.8, 4) is 11.5 Å². The van der Waals surface area contributed by atoms with Crippen LogP contribution in [0, 0.1) is 0 Å². The zero-order valence-corrected chi connectivity index (χ0v) is 9.93. The van der Waals surface area contributed by atoms with Crippen LogP contribution in [0.4, 0.5) is 0 Å². The summed E-state index contributed by atoms with van der Waals surface area (Å²) in [5.41, 5.74) is 0.959. The van der Waals surface area contributed by atoms with E-state index in [0.29, 0.717) is 0 Å². The fourth-order valence-electron chi connectivity index (χ4n) is 2.04. The number of ether oxygens (including phenoxy) is 3. The predicted octanol–water partition coefficient (Wildman–Crippen LogP) is 2.63. The molecule has 0 saturated carbocycles. The minimum absolute atomic E-state index is 0.255. The van der Waals surface area contributed by atoms with Crippen molar-refractivity contribution in [2.45, 2.75) is 13.5 Å². The highest BCUT2D eigenvalue weighted by Crippen LogP contribution is 2.37. The van der Waals surface area contributed by atoms with Gasteiger partial charge in [0.2, 0.25) is 6.79 Å². The average molecular weight is 244 g/mol. The van der Waals surface area contributed by atoms with E-state index in [4.69, 9.17) is 14.2 Å². The second-order valence-corrected chi connectivity index (χ2v) is 4.12. The van der Waals surface area contributed by atoms with Gasteiger partial charge in [-0.15, -0.1) is 0 Å². The molecule has 0 unspecified atom stereocenters. The Balaban J connectivity index is 2.06. The van der Waals surface area contributed by atoms with Crippen LogP contribution in [0.2, 0.25) is 0 Å². The van der Waals surface area contributed by atoms with Crippen molar-refractivity contribution in [3.63, 3.8) is 0 Å². The van der Waals surface area contributed by atoms with E-state index in [2.05, 4.69) is 0 Å². The van der Waals surface area contributed by atoms with Crippen LogP contribution in [0.1, 0.15) is 12.5 Å². The number of fused-ring (bicyclic) bond motifs is 2. The van der Waals surface area contributed by atoms with E-state index < -0.39 is 0 Å². The number of benzene rings is 2. The van der Waals surface area contributed by atoms with Crippen LogP contribution in [-0.2, 0) is 16.1 Å².